The third kappa shape index (κ3) is 8.61. The molecule has 162 valence electrons. The van der Waals surface area contributed by atoms with Gasteiger partial charge < -0.3 is 19.9 Å². The molecule has 29 heavy (non-hydrogen) atoms. The lowest BCUT2D eigenvalue weighted by Gasteiger charge is -2.13. The average molecular weight is 565 g/mol. The molecule has 1 aromatic carbocycles. The fraction of sp³-hybridized carbons (Fsp3) is 0.389. The first kappa shape index (κ1) is 25.9. The Morgan fingerprint density at radius 3 is 2.21 bits per heavy atom. The number of aliphatic imine (C=N–C) groups is 1. The van der Waals surface area contributed by atoms with Gasteiger partial charge >= 0.3 is 6.18 Å². The van der Waals surface area contributed by atoms with Crippen LogP contribution in [0, 0.1) is 0 Å². The second-order valence-corrected chi connectivity index (χ2v) is 6.80. The number of rotatable bonds is 7. The van der Waals surface area contributed by atoms with Crippen LogP contribution in [-0.2, 0) is 31.5 Å². The summed E-state index contributed by atoms with van der Waals surface area (Å²) in [4.78, 5) is 4.15. The topological polar surface area (TPSA) is 50.6 Å². The predicted molar refractivity (Wildman–Crippen MR) is 120 cm³/mol. The maximum atomic E-state index is 12.1. The highest BCUT2D eigenvalue weighted by Crippen LogP contribution is 2.24. The first-order valence-corrected chi connectivity index (χ1v) is 9.11. The first-order chi connectivity index (χ1) is 13.2. The van der Waals surface area contributed by atoms with Gasteiger partial charge in [-0.25, -0.2) is 0 Å². The molecule has 0 amide bonds. The number of halogens is 6. The van der Waals surface area contributed by atoms with Crippen LogP contribution in [0.2, 0.25) is 10.2 Å². The van der Waals surface area contributed by atoms with Crippen LogP contribution in [0.25, 0.3) is 0 Å². The van der Waals surface area contributed by atoms with Gasteiger partial charge in [0.2, 0.25) is 0 Å². The second kappa shape index (κ2) is 11.9. The highest BCUT2D eigenvalue weighted by Gasteiger charge is 2.27. The van der Waals surface area contributed by atoms with Gasteiger partial charge in [0.15, 0.2) is 5.96 Å². The molecule has 0 aliphatic rings. The molecule has 0 fully saturated rings. The van der Waals surface area contributed by atoms with E-state index in [0.29, 0.717) is 34.8 Å². The fourth-order valence-electron chi connectivity index (χ4n) is 2.38. The van der Waals surface area contributed by atoms with Gasteiger partial charge in [0.05, 0.1) is 18.2 Å². The van der Waals surface area contributed by atoms with Gasteiger partial charge in [0.25, 0.3) is 0 Å². The largest absolute Gasteiger partial charge is 0.411 e. The molecule has 2 aromatic rings. The van der Waals surface area contributed by atoms with E-state index in [1.54, 1.807) is 29.8 Å². The molecule has 0 unspecified atom stereocenters. The molecule has 5 nitrogen and oxygen atoms in total. The van der Waals surface area contributed by atoms with Crippen molar-refractivity contribution in [2.75, 3.05) is 13.7 Å². The minimum Gasteiger partial charge on any atom is -0.367 e. The third-order valence-corrected chi connectivity index (χ3v) is 4.74. The summed E-state index contributed by atoms with van der Waals surface area (Å²) in [6.45, 7) is -0.357. The van der Waals surface area contributed by atoms with E-state index >= 15 is 0 Å². The van der Waals surface area contributed by atoms with Crippen molar-refractivity contribution in [1.82, 2.24) is 15.2 Å². The van der Waals surface area contributed by atoms with Crippen molar-refractivity contribution in [3.05, 3.63) is 57.3 Å². The van der Waals surface area contributed by atoms with Gasteiger partial charge in [-0.3, -0.25) is 4.99 Å². The summed E-state index contributed by atoms with van der Waals surface area (Å²) >= 11 is 12.0. The second-order valence-electron chi connectivity index (χ2n) is 6.04. The quantitative estimate of drug-likeness (QED) is 0.286. The number of benzene rings is 1. The van der Waals surface area contributed by atoms with E-state index in [0.717, 1.165) is 11.3 Å². The van der Waals surface area contributed by atoms with Crippen LogP contribution in [0.3, 0.4) is 0 Å². The molecule has 1 heterocycles. The monoisotopic (exact) mass is 564 g/mol. The molecule has 1 aromatic heterocycles. The third-order valence-electron chi connectivity index (χ3n) is 3.89. The number of nitrogens with zero attached hydrogens (tertiary/aromatic N) is 2. The van der Waals surface area contributed by atoms with Gasteiger partial charge in [0, 0.05) is 26.3 Å². The van der Waals surface area contributed by atoms with E-state index in [-0.39, 0.29) is 30.6 Å². The fourth-order valence-corrected chi connectivity index (χ4v) is 2.79. The highest BCUT2D eigenvalue weighted by molar-refractivity contribution is 14.0. The number of hydrogen-bond donors (Lipinski definition) is 2. The van der Waals surface area contributed by atoms with Crippen LogP contribution < -0.4 is 10.6 Å². The summed E-state index contributed by atoms with van der Waals surface area (Å²) < 4.78 is 42.7. The van der Waals surface area contributed by atoms with Gasteiger partial charge in [-0.15, -0.1) is 24.0 Å². The Morgan fingerprint density at radius 2 is 1.69 bits per heavy atom. The zero-order chi connectivity index (χ0) is 20.7. The van der Waals surface area contributed by atoms with Crippen LogP contribution >= 0.6 is 47.2 Å². The van der Waals surface area contributed by atoms with E-state index < -0.39 is 12.8 Å². The lowest BCUT2D eigenvalue weighted by Crippen LogP contribution is -2.36. The van der Waals surface area contributed by atoms with Crippen molar-refractivity contribution in [2.24, 2.45) is 12.0 Å². The molecule has 0 spiro atoms. The van der Waals surface area contributed by atoms with Gasteiger partial charge in [0.1, 0.15) is 11.8 Å². The molecular formula is C18H22Cl2F3IN4O. The Hall–Kier alpha value is -1.17. The number of aromatic nitrogens is 1. The van der Waals surface area contributed by atoms with Crippen LogP contribution in [0.15, 0.2) is 35.3 Å². The van der Waals surface area contributed by atoms with Gasteiger partial charge in [-0.1, -0.05) is 47.5 Å². The molecule has 0 bridgehead atoms. The minimum atomic E-state index is -4.32. The van der Waals surface area contributed by atoms with E-state index in [1.165, 1.54) is 0 Å². The number of ether oxygens (including phenoxy) is 1. The first-order valence-electron chi connectivity index (χ1n) is 8.36. The SMILES string of the molecule is CN=C(NCc1ccc(COCC(F)(F)F)cc1)NCc1cc(Cl)c(Cl)n1C.I. The molecule has 0 aliphatic carbocycles. The van der Waals surface area contributed by atoms with Crippen molar-refractivity contribution < 1.29 is 17.9 Å². The number of alkyl halides is 3. The van der Waals surface area contributed by atoms with Crippen molar-refractivity contribution in [3.8, 4) is 0 Å². The van der Waals surface area contributed by atoms with Gasteiger partial charge in [-0.2, -0.15) is 13.2 Å². The van der Waals surface area contributed by atoms with Crippen molar-refractivity contribution in [1.29, 1.82) is 0 Å². The van der Waals surface area contributed by atoms with Crippen molar-refractivity contribution in [3.63, 3.8) is 0 Å². The molecule has 0 radical (unpaired) electrons. The Kier molecular flexibility index (Phi) is 10.6. The van der Waals surface area contributed by atoms with E-state index in [4.69, 9.17) is 23.2 Å². The summed E-state index contributed by atoms with van der Waals surface area (Å²) in [7, 11) is 3.47. The lowest BCUT2D eigenvalue weighted by atomic mass is 10.1. The molecular weight excluding hydrogens is 543 g/mol. The normalized spacial score (nSPS) is 11.9. The summed E-state index contributed by atoms with van der Waals surface area (Å²) in [6, 6.07) is 8.89. The average Bonchev–Trinajstić information content (AvgIpc) is 2.89. The van der Waals surface area contributed by atoms with E-state index in [2.05, 4.69) is 20.4 Å². The zero-order valence-electron chi connectivity index (χ0n) is 15.8. The summed E-state index contributed by atoms with van der Waals surface area (Å²) in [6.07, 6.45) is -4.32. The van der Waals surface area contributed by atoms with E-state index in [9.17, 15) is 13.2 Å². The summed E-state index contributed by atoms with van der Waals surface area (Å²) in [5.41, 5.74) is 2.53. The van der Waals surface area contributed by atoms with Crippen LogP contribution in [-0.4, -0.2) is 30.4 Å². The summed E-state index contributed by atoms with van der Waals surface area (Å²) in [5.74, 6) is 0.589. The van der Waals surface area contributed by atoms with Gasteiger partial charge in [-0.05, 0) is 17.2 Å². The Labute approximate surface area is 194 Å². The Bertz CT molecular complexity index is 811. The summed E-state index contributed by atoms with van der Waals surface area (Å²) in [5, 5.41) is 7.29. The maximum absolute atomic E-state index is 12.1. The smallest absolute Gasteiger partial charge is 0.367 e. The minimum absolute atomic E-state index is 0. The number of nitrogens with one attached hydrogen (secondary N) is 2. The Morgan fingerprint density at radius 1 is 1.10 bits per heavy atom. The van der Waals surface area contributed by atoms with Crippen molar-refractivity contribution >= 4 is 53.1 Å². The number of hydrogen-bond acceptors (Lipinski definition) is 2. The molecule has 0 aliphatic heterocycles. The van der Waals surface area contributed by atoms with Crippen molar-refractivity contribution in [2.45, 2.75) is 25.9 Å². The maximum Gasteiger partial charge on any atom is 0.411 e. The lowest BCUT2D eigenvalue weighted by molar-refractivity contribution is -0.176. The molecule has 0 saturated carbocycles. The van der Waals surface area contributed by atoms with Crippen LogP contribution in [0.1, 0.15) is 16.8 Å². The van der Waals surface area contributed by atoms with Crippen LogP contribution in [0.5, 0.6) is 0 Å². The van der Waals surface area contributed by atoms with Crippen LogP contribution in [0.4, 0.5) is 13.2 Å². The Balaban J connectivity index is 0.00000420. The van der Waals surface area contributed by atoms with E-state index in [1.807, 2.05) is 19.2 Å². The standard InChI is InChI=1S/C18H21Cl2F3N4O.HI/c1-24-17(26-9-14-7-15(19)16(20)27(14)2)25-8-12-3-5-13(6-4-12)10-28-11-18(21,22)23;/h3-7H,8-11H2,1-2H3,(H2,24,25,26);1H. The molecule has 0 atom stereocenters. The molecule has 11 heteroatoms. The molecule has 2 rings (SSSR count). The zero-order valence-corrected chi connectivity index (χ0v) is 19.7. The highest BCUT2D eigenvalue weighted by atomic mass is 127. The number of guanidine groups is 1. The molecule has 2 N–H and O–H groups in total. The predicted octanol–water partition coefficient (Wildman–Crippen LogP) is 4.89. The molecule has 0 saturated heterocycles.